The summed E-state index contributed by atoms with van der Waals surface area (Å²) < 4.78 is 2.36. The van der Waals surface area contributed by atoms with Gasteiger partial charge in [0.2, 0.25) is 0 Å². The van der Waals surface area contributed by atoms with Gasteiger partial charge in [-0.05, 0) is 51.0 Å². The van der Waals surface area contributed by atoms with Gasteiger partial charge in [0.25, 0.3) is 0 Å². The lowest BCUT2D eigenvalue weighted by Gasteiger charge is -2.27. The number of hydrogen-bond acceptors (Lipinski definition) is 2. The summed E-state index contributed by atoms with van der Waals surface area (Å²) in [6.07, 6.45) is 3.98. The molecule has 3 heteroatoms. The van der Waals surface area contributed by atoms with E-state index in [0.29, 0.717) is 17.8 Å². The monoisotopic (exact) mass is 258 g/mol. The van der Waals surface area contributed by atoms with Gasteiger partial charge in [0, 0.05) is 35.2 Å². The lowest BCUT2D eigenvalue weighted by atomic mass is 9.93. The Kier molecular flexibility index (Phi) is 3.23. The molecule has 0 saturated heterocycles. The van der Waals surface area contributed by atoms with Gasteiger partial charge < -0.3 is 15.0 Å². The number of benzene rings is 1. The number of phenols is 1. The van der Waals surface area contributed by atoms with E-state index in [2.05, 4.69) is 29.8 Å². The topological polar surface area (TPSA) is 37.2 Å². The Morgan fingerprint density at radius 1 is 1.32 bits per heavy atom. The molecule has 1 aromatic heterocycles. The van der Waals surface area contributed by atoms with Crippen LogP contribution < -0.4 is 5.32 Å². The maximum atomic E-state index is 9.61. The molecule has 3 nitrogen and oxygen atoms in total. The number of nitrogens with zero attached hydrogens (tertiary/aromatic N) is 1. The summed E-state index contributed by atoms with van der Waals surface area (Å²) in [5.41, 5.74) is 2.51. The number of phenolic OH excluding ortho intramolecular Hbond substituents is 1. The van der Waals surface area contributed by atoms with Crippen LogP contribution in [0.15, 0.2) is 24.3 Å². The molecule has 19 heavy (non-hydrogen) atoms. The van der Waals surface area contributed by atoms with E-state index < -0.39 is 0 Å². The standard InChI is InChI=1S/C16H22N2O/c1-11(2)18-14(10-17-13-4-3-5-13)8-12-9-15(19)6-7-16(12)18/h6-9,11,13,17,19H,3-5,10H2,1-2H3. The van der Waals surface area contributed by atoms with Gasteiger partial charge in [-0.15, -0.1) is 0 Å². The van der Waals surface area contributed by atoms with Crippen LogP contribution in [-0.4, -0.2) is 15.7 Å². The van der Waals surface area contributed by atoms with Crippen LogP contribution in [0.1, 0.15) is 44.8 Å². The summed E-state index contributed by atoms with van der Waals surface area (Å²) in [4.78, 5) is 0. The first-order chi connectivity index (χ1) is 9.15. The Morgan fingerprint density at radius 2 is 2.11 bits per heavy atom. The van der Waals surface area contributed by atoms with Crippen molar-refractivity contribution in [3.8, 4) is 5.75 Å². The second-order valence-corrected chi connectivity index (χ2v) is 5.85. The summed E-state index contributed by atoms with van der Waals surface area (Å²) in [6.45, 7) is 5.33. The number of nitrogens with one attached hydrogen (secondary N) is 1. The summed E-state index contributed by atoms with van der Waals surface area (Å²) in [5, 5.41) is 14.4. The molecule has 3 rings (SSSR count). The van der Waals surface area contributed by atoms with E-state index in [1.54, 1.807) is 6.07 Å². The lowest BCUT2D eigenvalue weighted by molar-refractivity contribution is 0.334. The molecule has 0 aliphatic heterocycles. The van der Waals surface area contributed by atoms with E-state index in [4.69, 9.17) is 0 Å². The average molecular weight is 258 g/mol. The first-order valence-electron chi connectivity index (χ1n) is 7.21. The van der Waals surface area contributed by atoms with Crippen LogP contribution in [0, 0.1) is 0 Å². The highest BCUT2D eigenvalue weighted by atomic mass is 16.3. The van der Waals surface area contributed by atoms with Gasteiger partial charge in [-0.3, -0.25) is 0 Å². The zero-order chi connectivity index (χ0) is 13.4. The minimum absolute atomic E-state index is 0.340. The molecule has 0 bridgehead atoms. The maximum absolute atomic E-state index is 9.61. The fourth-order valence-electron chi connectivity index (χ4n) is 2.89. The zero-order valence-electron chi connectivity index (χ0n) is 11.7. The van der Waals surface area contributed by atoms with Crippen molar-refractivity contribution in [3.05, 3.63) is 30.0 Å². The summed E-state index contributed by atoms with van der Waals surface area (Å²) >= 11 is 0. The molecule has 102 valence electrons. The normalized spacial score (nSPS) is 16.2. The molecule has 0 radical (unpaired) electrons. The molecule has 0 unspecified atom stereocenters. The molecule has 1 aromatic carbocycles. The SMILES string of the molecule is CC(C)n1c(CNC2CCC2)cc2cc(O)ccc21. The van der Waals surface area contributed by atoms with E-state index in [1.807, 2.05) is 12.1 Å². The van der Waals surface area contributed by atoms with Gasteiger partial charge in [0.15, 0.2) is 0 Å². The molecule has 0 spiro atoms. The number of aromatic hydroxyl groups is 1. The first-order valence-corrected chi connectivity index (χ1v) is 7.21. The smallest absolute Gasteiger partial charge is 0.116 e. The second kappa shape index (κ2) is 4.89. The van der Waals surface area contributed by atoms with Gasteiger partial charge in [-0.2, -0.15) is 0 Å². The molecule has 1 aliphatic rings. The maximum Gasteiger partial charge on any atom is 0.116 e. The van der Waals surface area contributed by atoms with Crippen molar-refractivity contribution < 1.29 is 5.11 Å². The van der Waals surface area contributed by atoms with Crippen LogP contribution in [0.5, 0.6) is 5.75 Å². The van der Waals surface area contributed by atoms with E-state index in [0.717, 1.165) is 11.9 Å². The quantitative estimate of drug-likeness (QED) is 0.879. The average Bonchev–Trinajstić information content (AvgIpc) is 2.64. The Balaban J connectivity index is 1.94. The third kappa shape index (κ3) is 2.35. The highest BCUT2D eigenvalue weighted by molar-refractivity contribution is 5.83. The predicted molar refractivity (Wildman–Crippen MR) is 78.5 cm³/mol. The Bertz CT molecular complexity index is 582. The molecule has 2 N–H and O–H groups in total. The van der Waals surface area contributed by atoms with Gasteiger partial charge in [0.05, 0.1) is 0 Å². The van der Waals surface area contributed by atoms with Crippen molar-refractivity contribution in [2.45, 2.75) is 51.7 Å². The number of hydrogen-bond donors (Lipinski definition) is 2. The Labute approximate surface area is 114 Å². The van der Waals surface area contributed by atoms with Crippen molar-refractivity contribution >= 4 is 10.9 Å². The van der Waals surface area contributed by atoms with Crippen LogP contribution in [0.3, 0.4) is 0 Å². The molecule has 1 fully saturated rings. The third-order valence-corrected chi connectivity index (χ3v) is 4.10. The highest BCUT2D eigenvalue weighted by Crippen LogP contribution is 2.27. The third-order valence-electron chi connectivity index (χ3n) is 4.10. The van der Waals surface area contributed by atoms with E-state index in [9.17, 15) is 5.11 Å². The minimum Gasteiger partial charge on any atom is -0.508 e. The molecule has 0 atom stereocenters. The van der Waals surface area contributed by atoms with Gasteiger partial charge in [-0.25, -0.2) is 0 Å². The number of fused-ring (bicyclic) bond motifs is 1. The zero-order valence-corrected chi connectivity index (χ0v) is 11.7. The van der Waals surface area contributed by atoms with E-state index >= 15 is 0 Å². The molecular formula is C16H22N2O. The Hall–Kier alpha value is -1.48. The fourth-order valence-corrected chi connectivity index (χ4v) is 2.89. The van der Waals surface area contributed by atoms with Crippen molar-refractivity contribution in [1.29, 1.82) is 0 Å². The molecule has 0 amide bonds. The van der Waals surface area contributed by atoms with Crippen LogP contribution in [0.4, 0.5) is 0 Å². The minimum atomic E-state index is 0.340. The number of aromatic nitrogens is 1. The predicted octanol–water partition coefficient (Wildman–Crippen LogP) is 3.57. The molecular weight excluding hydrogens is 236 g/mol. The Morgan fingerprint density at radius 3 is 2.74 bits per heavy atom. The van der Waals surface area contributed by atoms with E-state index in [-0.39, 0.29) is 0 Å². The first kappa shape index (κ1) is 12.5. The summed E-state index contributed by atoms with van der Waals surface area (Å²) in [5.74, 6) is 0.340. The highest BCUT2D eigenvalue weighted by Gasteiger charge is 2.18. The van der Waals surface area contributed by atoms with Crippen molar-refractivity contribution in [2.75, 3.05) is 0 Å². The van der Waals surface area contributed by atoms with Crippen molar-refractivity contribution in [3.63, 3.8) is 0 Å². The van der Waals surface area contributed by atoms with E-state index in [1.165, 1.54) is 30.5 Å². The van der Waals surface area contributed by atoms with Gasteiger partial charge in [0.1, 0.15) is 5.75 Å². The van der Waals surface area contributed by atoms with Crippen LogP contribution in [0.25, 0.3) is 10.9 Å². The van der Waals surface area contributed by atoms with Gasteiger partial charge in [-0.1, -0.05) is 6.42 Å². The molecule has 1 aliphatic carbocycles. The number of rotatable bonds is 4. The van der Waals surface area contributed by atoms with Gasteiger partial charge >= 0.3 is 0 Å². The fraction of sp³-hybridized carbons (Fsp3) is 0.500. The molecule has 1 saturated carbocycles. The molecule has 2 aromatic rings. The summed E-state index contributed by atoms with van der Waals surface area (Å²) in [7, 11) is 0. The molecule has 1 heterocycles. The van der Waals surface area contributed by atoms with Crippen LogP contribution >= 0.6 is 0 Å². The van der Waals surface area contributed by atoms with Crippen LogP contribution in [-0.2, 0) is 6.54 Å². The van der Waals surface area contributed by atoms with Crippen molar-refractivity contribution in [2.24, 2.45) is 0 Å². The second-order valence-electron chi connectivity index (χ2n) is 5.85. The largest absolute Gasteiger partial charge is 0.508 e. The summed E-state index contributed by atoms with van der Waals surface area (Å²) in [6, 6.07) is 8.95. The van der Waals surface area contributed by atoms with Crippen LogP contribution in [0.2, 0.25) is 0 Å². The van der Waals surface area contributed by atoms with Crippen molar-refractivity contribution in [1.82, 2.24) is 9.88 Å². The lowest BCUT2D eigenvalue weighted by Crippen LogP contribution is -2.35.